The van der Waals surface area contributed by atoms with E-state index >= 15 is 0 Å². The lowest BCUT2D eigenvalue weighted by atomic mass is 10.1. The molecule has 0 heterocycles. The summed E-state index contributed by atoms with van der Waals surface area (Å²) in [5, 5.41) is 0. The molecule has 0 atom stereocenters. The van der Waals surface area contributed by atoms with Crippen LogP contribution in [0.3, 0.4) is 0 Å². The van der Waals surface area contributed by atoms with E-state index in [4.69, 9.17) is 6.42 Å². The predicted octanol–water partition coefficient (Wildman–Crippen LogP) is 2.48. The monoisotopic (exact) mass is 144 g/mol. The highest BCUT2D eigenvalue weighted by molar-refractivity contribution is 5.30. The molecule has 0 aliphatic rings. The predicted molar refractivity (Wildman–Crippen MR) is 48.5 cm³/mol. The van der Waals surface area contributed by atoms with Gasteiger partial charge in [-0.05, 0) is 19.4 Å². The molecule has 11 heavy (non-hydrogen) atoms. The van der Waals surface area contributed by atoms with E-state index in [9.17, 15) is 0 Å². The summed E-state index contributed by atoms with van der Waals surface area (Å²) in [5.74, 6) is 2.64. The molecule has 56 valence electrons. The van der Waals surface area contributed by atoms with Gasteiger partial charge in [0.2, 0.25) is 0 Å². The Morgan fingerprint density at radius 3 is 2.18 bits per heavy atom. The lowest BCUT2D eigenvalue weighted by Gasteiger charge is -2.00. The Morgan fingerprint density at radius 1 is 1.18 bits per heavy atom. The van der Waals surface area contributed by atoms with Gasteiger partial charge >= 0.3 is 0 Å². The lowest BCUT2D eigenvalue weighted by Crippen LogP contribution is -1.84. The topological polar surface area (TPSA) is 0 Å². The molecule has 0 unspecified atom stereocenters. The average molecular weight is 144 g/mol. The van der Waals surface area contributed by atoms with Crippen LogP contribution in [0.25, 0.3) is 0 Å². The smallest absolute Gasteiger partial charge is 0.0337 e. The second-order valence-corrected chi connectivity index (χ2v) is 2.88. The molecule has 0 radical (unpaired) electrons. The van der Waals surface area contributed by atoms with Crippen molar-refractivity contribution in [2.24, 2.45) is 0 Å². The molecular formula is C11H12. The Kier molecular flexibility index (Phi) is 2.33. The summed E-state index contributed by atoms with van der Waals surface area (Å²) in [4.78, 5) is 0. The molecule has 0 N–H and O–H groups in total. The van der Waals surface area contributed by atoms with E-state index in [1.807, 2.05) is 0 Å². The van der Waals surface area contributed by atoms with Gasteiger partial charge in [0.25, 0.3) is 0 Å². The van der Waals surface area contributed by atoms with E-state index in [0.717, 1.165) is 6.42 Å². The van der Waals surface area contributed by atoms with Crippen LogP contribution in [0, 0.1) is 26.2 Å². The first-order chi connectivity index (χ1) is 5.22. The van der Waals surface area contributed by atoms with E-state index in [2.05, 4.69) is 38.0 Å². The van der Waals surface area contributed by atoms with Crippen molar-refractivity contribution >= 4 is 0 Å². The number of terminal acetylenes is 1. The van der Waals surface area contributed by atoms with Crippen molar-refractivity contribution in [1.82, 2.24) is 0 Å². The normalized spacial score (nSPS) is 9.18. The highest BCUT2D eigenvalue weighted by Crippen LogP contribution is 2.08. The van der Waals surface area contributed by atoms with E-state index < -0.39 is 0 Å². The molecule has 0 saturated carbocycles. The largest absolute Gasteiger partial charge is 0.120 e. The van der Waals surface area contributed by atoms with Crippen LogP contribution in [-0.2, 0) is 6.42 Å². The van der Waals surface area contributed by atoms with Gasteiger partial charge in [0.15, 0.2) is 0 Å². The molecule has 0 spiro atoms. The van der Waals surface area contributed by atoms with Crippen LogP contribution < -0.4 is 0 Å². The maximum atomic E-state index is 5.21. The van der Waals surface area contributed by atoms with E-state index in [1.165, 1.54) is 16.7 Å². The number of rotatable bonds is 1. The van der Waals surface area contributed by atoms with Gasteiger partial charge in [-0.25, -0.2) is 0 Å². The lowest BCUT2D eigenvalue weighted by molar-refractivity contribution is 1.25. The summed E-state index contributed by atoms with van der Waals surface area (Å²) in [7, 11) is 0. The van der Waals surface area contributed by atoms with Crippen LogP contribution >= 0.6 is 0 Å². The molecule has 0 amide bonds. The molecule has 1 aromatic rings. The summed E-state index contributed by atoms with van der Waals surface area (Å²) in [6.07, 6.45) is 5.95. The van der Waals surface area contributed by atoms with Crippen molar-refractivity contribution in [3.63, 3.8) is 0 Å². The van der Waals surface area contributed by atoms with Crippen LogP contribution in [0.15, 0.2) is 18.2 Å². The van der Waals surface area contributed by atoms with Gasteiger partial charge in [-0.1, -0.05) is 29.3 Å². The minimum atomic E-state index is 0.739. The number of hydrogen-bond acceptors (Lipinski definition) is 0. The molecular weight excluding hydrogens is 132 g/mol. The Hall–Kier alpha value is -1.22. The highest BCUT2D eigenvalue weighted by atomic mass is 14.0. The van der Waals surface area contributed by atoms with Crippen molar-refractivity contribution in [3.8, 4) is 12.3 Å². The second-order valence-electron chi connectivity index (χ2n) is 2.88. The van der Waals surface area contributed by atoms with Crippen LogP contribution in [0.1, 0.15) is 16.7 Å². The Bertz CT molecular complexity index is 269. The summed E-state index contributed by atoms with van der Waals surface area (Å²) in [5.41, 5.74) is 3.82. The van der Waals surface area contributed by atoms with Crippen molar-refractivity contribution in [2.75, 3.05) is 0 Å². The molecule has 0 aromatic heterocycles. The summed E-state index contributed by atoms with van der Waals surface area (Å²) in [6, 6.07) is 6.42. The van der Waals surface area contributed by atoms with Crippen molar-refractivity contribution in [3.05, 3.63) is 34.9 Å². The molecule has 0 bridgehead atoms. The van der Waals surface area contributed by atoms with Gasteiger partial charge in [0.05, 0.1) is 0 Å². The third-order valence-electron chi connectivity index (χ3n) is 1.59. The quantitative estimate of drug-likeness (QED) is 0.531. The minimum absolute atomic E-state index is 0.739. The summed E-state index contributed by atoms with van der Waals surface area (Å²) >= 11 is 0. The minimum Gasteiger partial charge on any atom is -0.120 e. The zero-order chi connectivity index (χ0) is 8.27. The highest BCUT2D eigenvalue weighted by Gasteiger charge is 1.92. The Labute approximate surface area is 68.3 Å². The van der Waals surface area contributed by atoms with Crippen LogP contribution in [0.4, 0.5) is 0 Å². The molecule has 0 aliphatic carbocycles. The summed E-state index contributed by atoms with van der Waals surface area (Å²) < 4.78 is 0. The number of aryl methyl sites for hydroxylation is 2. The Balaban J connectivity index is 3.01. The summed E-state index contributed by atoms with van der Waals surface area (Å²) in [6.45, 7) is 4.18. The van der Waals surface area contributed by atoms with Gasteiger partial charge in [-0.15, -0.1) is 12.3 Å². The third-order valence-corrected chi connectivity index (χ3v) is 1.59. The zero-order valence-corrected chi connectivity index (χ0v) is 7.02. The van der Waals surface area contributed by atoms with E-state index in [1.54, 1.807) is 0 Å². The first-order valence-corrected chi connectivity index (χ1v) is 3.73. The first kappa shape index (κ1) is 7.88. The maximum absolute atomic E-state index is 5.21. The van der Waals surface area contributed by atoms with Gasteiger partial charge < -0.3 is 0 Å². The standard InChI is InChI=1S/C11H12/c1-4-5-11-7-9(2)6-10(3)8-11/h1,6-8H,5H2,2-3H3. The molecule has 1 rings (SSSR count). The number of hydrogen-bond donors (Lipinski definition) is 0. The van der Waals surface area contributed by atoms with E-state index in [0.29, 0.717) is 0 Å². The first-order valence-electron chi connectivity index (χ1n) is 3.73. The molecule has 0 aliphatic heterocycles. The van der Waals surface area contributed by atoms with Crippen molar-refractivity contribution < 1.29 is 0 Å². The molecule has 0 saturated heterocycles. The van der Waals surface area contributed by atoms with E-state index in [-0.39, 0.29) is 0 Å². The van der Waals surface area contributed by atoms with Gasteiger partial charge in [0, 0.05) is 6.42 Å². The Morgan fingerprint density at radius 2 is 1.73 bits per heavy atom. The van der Waals surface area contributed by atoms with Crippen molar-refractivity contribution in [1.29, 1.82) is 0 Å². The maximum Gasteiger partial charge on any atom is 0.0337 e. The van der Waals surface area contributed by atoms with Gasteiger partial charge in [-0.3, -0.25) is 0 Å². The van der Waals surface area contributed by atoms with Crippen molar-refractivity contribution in [2.45, 2.75) is 20.3 Å². The van der Waals surface area contributed by atoms with Gasteiger partial charge in [-0.2, -0.15) is 0 Å². The van der Waals surface area contributed by atoms with Crippen LogP contribution in [-0.4, -0.2) is 0 Å². The second kappa shape index (κ2) is 3.25. The number of benzene rings is 1. The zero-order valence-electron chi connectivity index (χ0n) is 7.02. The molecule has 1 aromatic carbocycles. The fourth-order valence-electron chi connectivity index (χ4n) is 1.29. The molecule has 0 nitrogen and oxygen atoms in total. The average Bonchev–Trinajstić information content (AvgIpc) is 1.85. The SMILES string of the molecule is C#CCc1cc(C)cc(C)c1. The van der Waals surface area contributed by atoms with Crippen LogP contribution in [0.5, 0.6) is 0 Å². The molecule has 0 heteroatoms. The third kappa shape index (κ3) is 2.13. The fourth-order valence-corrected chi connectivity index (χ4v) is 1.29. The molecule has 0 fully saturated rings. The fraction of sp³-hybridized carbons (Fsp3) is 0.273. The van der Waals surface area contributed by atoms with Gasteiger partial charge in [0.1, 0.15) is 0 Å². The van der Waals surface area contributed by atoms with Crippen LogP contribution in [0.2, 0.25) is 0 Å².